The van der Waals surface area contributed by atoms with Gasteiger partial charge in [0.15, 0.2) is 0 Å². The molecule has 5 nitrogen and oxygen atoms in total. The highest BCUT2D eigenvalue weighted by atomic mass is 16.3. The molecule has 0 aromatic rings. The molecule has 0 aliphatic carbocycles. The van der Waals surface area contributed by atoms with E-state index >= 15 is 0 Å². The van der Waals surface area contributed by atoms with Gasteiger partial charge in [-0.25, -0.2) is 0 Å². The van der Waals surface area contributed by atoms with Gasteiger partial charge < -0.3 is 20.6 Å². The third kappa shape index (κ3) is 37.0. The first kappa shape index (κ1) is 49.8. The Balaban J connectivity index is 3.67. The van der Waals surface area contributed by atoms with E-state index in [1.807, 2.05) is 6.08 Å². The molecule has 0 saturated carbocycles. The van der Waals surface area contributed by atoms with Gasteiger partial charge in [-0.1, -0.05) is 218 Å². The van der Waals surface area contributed by atoms with E-state index in [0.717, 1.165) is 44.9 Å². The molecule has 4 N–H and O–H groups in total. The first-order valence-corrected chi connectivity index (χ1v) is 22.7. The van der Waals surface area contributed by atoms with Crippen LogP contribution in [0.25, 0.3) is 0 Å². The summed E-state index contributed by atoms with van der Waals surface area (Å²) in [4.78, 5) is 12.5. The maximum absolute atomic E-state index is 12.5. The van der Waals surface area contributed by atoms with E-state index in [0.29, 0.717) is 6.42 Å². The highest BCUT2D eigenvalue weighted by Gasteiger charge is 2.22. The highest BCUT2D eigenvalue weighted by molar-refractivity contribution is 5.80. The number of amides is 1. The monoisotopic (exact) mass is 720 g/mol. The molecule has 0 aromatic heterocycles. The number of hydrogen-bond acceptors (Lipinski definition) is 4. The molecule has 0 spiro atoms. The van der Waals surface area contributed by atoms with Gasteiger partial charge in [0.05, 0.1) is 18.8 Å². The smallest absolute Gasteiger partial charge is 0.249 e. The standard InChI is InChI=1S/C46H89NO4/c1-3-5-7-9-11-13-15-17-19-21-22-23-25-26-28-30-32-34-36-38-40-44(49)43(42-48)47-46(51)45(50)41-39-37-35-33-31-29-27-24-20-18-16-14-12-10-8-6-4-2/h27,29,38,40,43-45,48-50H,3-26,28,30-37,39,41-42H2,1-2H3,(H,47,51)/b29-27-,40-38+. The average molecular weight is 720 g/mol. The van der Waals surface area contributed by atoms with Crippen LogP contribution in [0, 0.1) is 0 Å². The number of rotatable bonds is 41. The van der Waals surface area contributed by atoms with Gasteiger partial charge in [-0.3, -0.25) is 4.79 Å². The lowest BCUT2D eigenvalue weighted by Gasteiger charge is -2.21. The maximum atomic E-state index is 12.5. The van der Waals surface area contributed by atoms with E-state index in [1.165, 1.54) is 173 Å². The Kier molecular flexibility index (Phi) is 40.6. The molecule has 3 unspecified atom stereocenters. The Bertz CT molecular complexity index is 754. The van der Waals surface area contributed by atoms with Crippen LogP contribution in [0.5, 0.6) is 0 Å². The molecule has 0 bridgehead atoms. The second kappa shape index (κ2) is 41.6. The van der Waals surface area contributed by atoms with Gasteiger partial charge in [0.25, 0.3) is 0 Å². The van der Waals surface area contributed by atoms with Crippen LogP contribution in [0.4, 0.5) is 0 Å². The van der Waals surface area contributed by atoms with Gasteiger partial charge in [-0.05, 0) is 44.9 Å². The fourth-order valence-corrected chi connectivity index (χ4v) is 6.94. The zero-order valence-corrected chi connectivity index (χ0v) is 34.2. The summed E-state index contributed by atoms with van der Waals surface area (Å²) < 4.78 is 0. The van der Waals surface area contributed by atoms with Gasteiger partial charge >= 0.3 is 0 Å². The molecule has 0 fully saturated rings. The fraction of sp³-hybridized carbons (Fsp3) is 0.891. The van der Waals surface area contributed by atoms with Crippen LogP contribution in [-0.4, -0.2) is 46.1 Å². The average Bonchev–Trinajstić information content (AvgIpc) is 3.13. The van der Waals surface area contributed by atoms with Crippen molar-refractivity contribution in [2.45, 2.75) is 257 Å². The minimum Gasteiger partial charge on any atom is -0.394 e. The van der Waals surface area contributed by atoms with Crippen molar-refractivity contribution in [2.24, 2.45) is 0 Å². The summed E-state index contributed by atoms with van der Waals surface area (Å²) in [5.74, 6) is -0.510. The van der Waals surface area contributed by atoms with E-state index < -0.39 is 24.2 Å². The van der Waals surface area contributed by atoms with Crippen LogP contribution in [0.1, 0.15) is 239 Å². The summed E-state index contributed by atoms with van der Waals surface area (Å²) in [7, 11) is 0. The predicted octanol–water partition coefficient (Wildman–Crippen LogP) is 13.0. The van der Waals surface area contributed by atoms with Crippen molar-refractivity contribution in [3.05, 3.63) is 24.3 Å². The molecule has 1 amide bonds. The lowest BCUT2D eigenvalue weighted by molar-refractivity contribution is -0.131. The number of unbranched alkanes of at least 4 members (excludes halogenated alkanes) is 31. The molecular formula is C46H89NO4. The quantitative estimate of drug-likeness (QED) is 0.0374. The molecule has 3 atom stereocenters. The molecule has 302 valence electrons. The number of hydrogen-bond donors (Lipinski definition) is 4. The molecule has 0 heterocycles. The SMILES string of the molecule is CCCCCCCCCCC/C=C\CCCCCCC(O)C(=O)NC(CO)C(O)/C=C/CCCCCCCCCCCCCCCCCCCC. The maximum Gasteiger partial charge on any atom is 0.249 e. The molecule has 0 radical (unpaired) electrons. The molecule has 51 heavy (non-hydrogen) atoms. The molecule has 0 rings (SSSR count). The Morgan fingerprint density at radius 1 is 0.471 bits per heavy atom. The van der Waals surface area contributed by atoms with E-state index in [2.05, 4.69) is 31.3 Å². The number of aliphatic hydroxyl groups is 3. The minimum atomic E-state index is -1.11. The van der Waals surface area contributed by atoms with Crippen LogP contribution < -0.4 is 5.32 Å². The van der Waals surface area contributed by atoms with Crippen LogP contribution >= 0.6 is 0 Å². The molecule has 0 aliphatic rings. The number of nitrogens with one attached hydrogen (secondary N) is 1. The largest absolute Gasteiger partial charge is 0.394 e. The minimum absolute atomic E-state index is 0.365. The lowest BCUT2D eigenvalue weighted by Crippen LogP contribution is -2.48. The summed E-state index contributed by atoms with van der Waals surface area (Å²) in [6.45, 7) is 4.19. The summed E-state index contributed by atoms with van der Waals surface area (Å²) in [6, 6.07) is -0.800. The molecule has 0 aromatic carbocycles. The number of carbonyl (C=O) groups is 1. The Morgan fingerprint density at radius 3 is 1.14 bits per heavy atom. The third-order valence-electron chi connectivity index (χ3n) is 10.5. The second-order valence-corrected chi connectivity index (χ2v) is 15.6. The predicted molar refractivity (Wildman–Crippen MR) is 222 cm³/mol. The molecule has 5 heteroatoms. The zero-order chi connectivity index (χ0) is 37.3. The van der Waals surface area contributed by atoms with Gasteiger partial charge in [0, 0.05) is 0 Å². The summed E-state index contributed by atoms with van der Waals surface area (Å²) in [5, 5.41) is 33.2. The van der Waals surface area contributed by atoms with E-state index in [-0.39, 0.29) is 6.61 Å². The zero-order valence-electron chi connectivity index (χ0n) is 34.2. The summed E-state index contributed by atoms with van der Waals surface area (Å²) in [6.07, 6.45) is 50.7. The van der Waals surface area contributed by atoms with Gasteiger partial charge in [0.2, 0.25) is 5.91 Å². The fourth-order valence-electron chi connectivity index (χ4n) is 6.94. The van der Waals surface area contributed by atoms with E-state index in [1.54, 1.807) is 6.08 Å². The Hall–Kier alpha value is -1.17. The lowest BCUT2D eigenvalue weighted by atomic mass is 10.0. The molecular weight excluding hydrogens is 631 g/mol. The van der Waals surface area contributed by atoms with Gasteiger partial charge in [-0.15, -0.1) is 0 Å². The van der Waals surface area contributed by atoms with E-state index in [4.69, 9.17) is 0 Å². The normalized spacial score (nSPS) is 13.7. The van der Waals surface area contributed by atoms with Crippen molar-refractivity contribution in [1.29, 1.82) is 0 Å². The summed E-state index contributed by atoms with van der Waals surface area (Å²) in [5.41, 5.74) is 0. The van der Waals surface area contributed by atoms with Crippen molar-refractivity contribution in [1.82, 2.24) is 5.32 Å². The Labute approximate surface area is 318 Å². The van der Waals surface area contributed by atoms with E-state index in [9.17, 15) is 20.1 Å². The van der Waals surface area contributed by atoms with Gasteiger partial charge in [0.1, 0.15) is 6.10 Å². The van der Waals surface area contributed by atoms with Crippen molar-refractivity contribution in [2.75, 3.05) is 6.61 Å². The molecule has 0 aliphatic heterocycles. The first-order chi connectivity index (χ1) is 25.1. The van der Waals surface area contributed by atoms with Crippen LogP contribution in [0.15, 0.2) is 24.3 Å². The van der Waals surface area contributed by atoms with Crippen molar-refractivity contribution in [3.8, 4) is 0 Å². The second-order valence-electron chi connectivity index (χ2n) is 15.6. The highest BCUT2D eigenvalue weighted by Crippen LogP contribution is 2.16. The summed E-state index contributed by atoms with van der Waals surface area (Å²) >= 11 is 0. The topological polar surface area (TPSA) is 89.8 Å². The first-order valence-electron chi connectivity index (χ1n) is 22.7. The number of aliphatic hydroxyl groups excluding tert-OH is 3. The number of allylic oxidation sites excluding steroid dienone is 3. The van der Waals surface area contributed by atoms with Crippen molar-refractivity contribution >= 4 is 5.91 Å². The van der Waals surface area contributed by atoms with Crippen molar-refractivity contribution in [3.63, 3.8) is 0 Å². The number of carbonyl (C=O) groups excluding carboxylic acids is 1. The van der Waals surface area contributed by atoms with Crippen LogP contribution in [-0.2, 0) is 4.79 Å². The van der Waals surface area contributed by atoms with Crippen LogP contribution in [0.3, 0.4) is 0 Å². The van der Waals surface area contributed by atoms with Gasteiger partial charge in [-0.2, -0.15) is 0 Å². The van der Waals surface area contributed by atoms with Crippen molar-refractivity contribution < 1.29 is 20.1 Å². The Morgan fingerprint density at radius 2 is 0.784 bits per heavy atom. The molecule has 0 saturated heterocycles. The third-order valence-corrected chi connectivity index (χ3v) is 10.5. The van der Waals surface area contributed by atoms with Crippen LogP contribution in [0.2, 0.25) is 0 Å².